The summed E-state index contributed by atoms with van der Waals surface area (Å²) in [6.45, 7) is 11.7. The molecule has 108 valence electrons. The maximum Gasteiger partial charge on any atom is 0.335 e. The quantitative estimate of drug-likeness (QED) is 0.923. The van der Waals surface area contributed by atoms with E-state index in [0.717, 1.165) is 23.4 Å². The predicted molar refractivity (Wildman–Crippen MR) is 80.2 cm³/mol. The molecule has 0 unspecified atom stereocenters. The van der Waals surface area contributed by atoms with Gasteiger partial charge in [0.2, 0.25) is 0 Å². The van der Waals surface area contributed by atoms with E-state index >= 15 is 0 Å². The van der Waals surface area contributed by atoms with Crippen molar-refractivity contribution >= 4 is 17.0 Å². The molecule has 0 aliphatic rings. The highest BCUT2D eigenvalue weighted by molar-refractivity contribution is 5.92. The molecule has 4 heteroatoms. The first-order valence-electron chi connectivity index (χ1n) is 6.92. The lowest BCUT2D eigenvalue weighted by Crippen LogP contribution is -2.18. The van der Waals surface area contributed by atoms with Crippen LogP contribution in [0.3, 0.4) is 0 Å². The van der Waals surface area contributed by atoms with Crippen LogP contribution in [0.15, 0.2) is 18.2 Å². The Labute approximate surface area is 119 Å². The van der Waals surface area contributed by atoms with Crippen LogP contribution in [0.5, 0.6) is 0 Å². The molecule has 0 saturated carbocycles. The van der Waals surface area contributed by atoms with E-state index in [-0.39, 0.29) is 11.0 Å². The van der Waals surface area contributed by atoms with E-state index in [9.17, 15) is 4.79 Å². The molecule has 0 saturated heterocycles. The van der Waals surface area contributed by atoms with E-state index in [2.05, 4.69) is 44.2 Å². The maximum atomic E-state index is 11.1. The third-order valence-corrected chi connectivity index (χ3v) is 3.17. The number of carbonyl (C=O) groups is 1. The summed E-state index contributed by atoms with van der Waals surface area (Å²) in [6.07, 6.45) is 0. The van der Waals surface area contributed by atoms with Gasteiger partial charge in [-0.25, -0.2) is 9.78 Å². The second kappa shape index (κ2) is 4.93. The number of aromatic carboxylic acids is 1. The van der Waals surface area contributed by atoms with Crippen LogP contribution in [0.2, 0.25) is 0 Å². The Bertz CT molecular complexity index is 648. The van der Waals surface area contributed by atoms with Gasteiger partial charge >= 0.3 is 5.97 Å². The minimum Gasteiger partial charge on any atom is -0.478 e. The van der Waals surface area contributed by atoms with Gasteiger partial charge in [0.15, 0.2) is 0 Å². The second-order valence-corrected chi connectivity index (χ2v) is 6.78. The molecule has 0 fully saturated rings. The zero-order valence-electron chi connectivity index (χ0n) is 12.8. The third kappa shape index (κ3) is 2.84. The number of hydrogen-bond donors (Lipinski definition) is 1. The summed E-state index contributed by atoms with van der Waals surface area (Å²) in [5.41, 5.74) is 2.20. The highest BCUT2D eigenvalue weighted by atomic mass is 16.4. The summed E-state index contributed by atoms with van der Waals surface area (Å²) < 4.78 is 2.21. The molecular formula is C16H22N2O2. The molecule has 1 aromatic heterocycles. The summed E-state index contributed by atoms with van der Waals surface area (Å²) >= 11 is 0. The molecule has 0 aliphatic carbocycles. The highest BCUT2D eigenvalue weighted by Crippen LogP contribution is 2.27. The van der Waals surface area contributed by atoms with Crippen molar-refractivity contribution in [3.63, 3.8) is 0 Å². The summed E-state index contributed by atoms with van der Waals surface area (Å²) in [5, 5.41) is 9.08. The van der Waals surface area contributed by atoms with Gasteiger partial charge in [-0.1, -0.05) is 34.6 Å². The Hall–Kier alpha value is -1.84. The molecule has 4 nitrogen and oxygen atoms in total. The van der Waals surface area contributed by atoms with Crippen LogP contribution in [0.25, 0.3) is 11.0 Å². The Kier molecular flexibility index (Phi) is 3.59. The summed E-state index contributed by atoms with van der Waals surface area (Å²) in [6, 6.07) is 5.17. The normalized spacial score (nSPS) is 12.3. The number of hydrogen-bond acceptors (Lipinski definition) is 2. The van der Waals surface area contributed by atoms with Crippen LogP contribution in [0, 0.1) is 5.41 Å². The van der Waals surface area contributed by atoms with Crippen LogP contribution in [-0.2, 0) is 6.54 Å². The fourth-order valence-corrected chi connectivity index (χ4v) is 2.36. The van der Waals surface area contributed by atoms with Crippen molar-refractivity contribution < 1.29 is 9.90 Å². The van der Waals surface area contributed by atoms with Crippen molar-refractivity contribution in [3.05, 3.63) is 29.6 Å². The Morgan fingerprint density at radius 3 is 2.50 bits per heavy atom. The molecule has 0 spiro atoms. The predicted octanol–water partition coefficient (Wildman–Crippen LogP) is 3.90. The van der Waals surface area contributed by atoms with Crippen molar-refractivity contribution in [2.75, 3.05) is 0 Å². The van der Waals surface area contributed by atoms with Gasteiger partial charge in [-0.3, -0.25) is 0 Å². The molecule has 1 heterocycles. The lowest BCUT2D eigenvalue weighted by Gasteiger charge is -2.22. The minimum absolute atomic E-state index is 0.142. The monoisotopic (exact) mass is 274 g/mol. The summed E-state index contributed by atoms with van der Waals surface area (Å²) in [4.78, 5) is 15.7. The van der Waals surface area contributed by atoms with Crippen LogP contribution in [0.1, 0.15) is 56.7 Å². The molecule has 2 rings (SSSR count). The van der Waals surface area contributed by atoms with Gasteiger partial charge in [-0.15, -0.1) is 0 Å². The average Bonchev–Trinajstić information content (AvgIpc) is 2.65. The molecule has 20 heavy (non-hydrogen) atoms. The first kappa shape index (κ1) is 14.6. The fraction of sp³-hybridized carbons (Fsp3) is 0.500. The number of carboxylic acid groups (broad SMARTS) is 1. The zero-order chi connectivity index (χ0) is 15.1. The van der Waals surface area contributed by atoms with Crippen molar-refractivity contribution in [2.24, 2.45) is 5.41 Å². The van der Waals surface area contributed by atoms with E-state index in [4.69, 9.17) is 5.11 Å². The molecule has 0 amide bonds. The van der Waals surface area contributed by atoms with E-state index in [1.54, 1.807) is 12.1 Å². The number of nitrogens with zero attached hydrogens (tertiary/aromatic N) is 2. The molecule has 1 N–H and O–H groups in total. The standard InChI is InChI=1S/C16H22N2O2/c1-10(2)14-17-12-8-11(15(19)20)6-7-13(12)18(14)9-16(3,4)5/h6-8,10H,9H2,1-5H3,(H,19,20). The van der Waals surface area contributed by atoms with Gasteiger partial charge in [-0.05, 0) is 23.6 Å². The summed E-state index contributed by atoms with van der Waals surface area (Å²) in [7, 11) is 0. The van der Waals surface area contributed by atoms with E-state index in [1.165, 1.54) is 0 Å². The lowest BCUT2D eigenvalue weighted by molar-refractivity contribution is 0.0697. The van der Waals surface area contributed by atoms with Crippen LogP contribution < -0.4 is 0 Å². The smallest absolute Gasteiger partial charge is 0.335 e. The Morgan fingerprint density at radius 1 is 1.35 bits per heavy atom. The van der Waals surface area contributed by atoms with Crippen LogP contribution in [0.4, 0.5) is 0 Å². The van der Waals surface area contributed by atoms with Gasteiger partial charge in [0.05, 0.1) is 16.6 Å². The molecule has 2 aromatic rings. The van der Waals surface area contributed by atoms with Gasteiger partial charge in [-0.2, -0.15) is 0 Å². The number of aromatic nitrogens is 2. The SMILES string of the molecule is CC(C)c1nc2cc(C(=O)O)ccc2n1CC(C)(C)C. The number of rotatable bonds is 3. The first-order chi connectivity index (χ1) is 9.19. The van der Waals surface area contributed by atoms with E-state index in [0.29, 0.717) is 5.92 Å². The Morgan fingerprint density at radius 2 is 2.00 bits per heavy atom. The van der Waals surface area contributed by atoms with E-state index in [1.807, 2.05) is 6.07 Å². The molecule has 0 atom stereocenters. The minimum atomic E-state index is -0.914. The lowest BCUT2D eigenvalue weighted by atomic mass is 9.96. The molecule has 1 aromatic carbocycles. The van der Waals surface area contributed by atoms with Gasteiger partial charge in [0, 0.05) is 12.5 Å². The Balaban J connectivity index is 2.64. The second-order valence-electron chi connectivity index (χ2n) is 6.78. The third-order valence-electron chi connectivity index (χ3n) is 3.17. The summed E-state index contributed by atoms with van der Waals surface area (Å²) in [5.74, 6) is 0.402. The zero-order valence-corrected chi connectivity index (χ0v) is 12.8. The molecule has 0 radical (unpaired) electrons. The van der Waals surface area contributed by atoms with Crippen molar-refractivity contribution in [1.29, 1.82) is 0 Å². The van der Waals surface area contributed by atoms with Gasteiger partial charge in [0.25, 0.3) is 0 Å². The molecule has 0 bridgehead atoms. The molecule has 0 aliphatic heterocycles. The molecular weight excluding hydrogens is 252 g/mol. The maximum absolute atomic E-state index is 11.1. The van der Waals surface area contributed by atoms with E-state index < -0.39 is 5.97 Å². The van der Waals surface area contributed by atoms with Crippen molar-refractivity contribution in [2.45, 2.75) is 47.1 Å². The highest BCUT2D eigenvalue weighted by Gasteiger charge is 2.19. The van der Waals surface area contributed by atoms with Gasteiger partial charge in [0.1, 0.15) is 5.82 Å². The number of carboxylic acids is 1. The number of imidazole rings is 1. The average molecular weight is 274 g/mol. The number of fused-ring (bicyclic) bond motifs is 1. The van der Waals surface area contributed by atoms with Gasteiger partial charge < -0.3 is 9.67 Å². The fourth-order valence-electron chi connectivity index (χ4n) is 2.36. The van der Waals surface area contributed by atoms with Crippen LogP contribution in [-0.4, -0.2) is 20.6 Å². The topological polar surface area (TPSA) is 55.1 Å². The largest absolute Gasteiger partial charge is 0.478 e. The number of benzene rings is 1. The first-order valence-corrected chi connectivity index (χ1v) is 6.92. The van der Waals surface area contributed by atoms with Crippen molar-refractivity contribution in [1.82, 2.24) is 9.55 Å². The van der Waals surface area contributed by atoms with Crippen LogP contribution >= 0.6 is 0 Å². The van der Waals surface area contributed by atoms with Crippen molar-refractivity contribution in [3.8, 4) is 0 Å².